The van der Waals surface area contributed by atoms with Crippen LogP contribution in [0.4, 0.5) is 0 Å². The Morgan fingerprint density at radius 3 is 3.08 bits per heavy atom. The van der Waals surface area contributed by atoms with Gasteiger partial charge < -0.3 is 4.74 Å². The van der Waals surface area contributed by atoms with E-state index in [2.05, 4.69) is 0 Å². The lowest BCUT2D eigenvalue weighted by molar-refractivity contribution is -0.105. The van der Waals surface area contributed by atoms with Gasteiger partial charge in [-0.1, -0.05) is 11.6 Å². The number of hydrogen-bond donors (Lipinski definition) is 0. The van der Waals surface area contributed by atoms with Crippen molar-refractivity contribution in [2.45, 2.75) is 0 Å². The van der Waals surface area contributed by atoms with Crippen molar-refractivity contribution in [2.75, 3.05) is 6.61 Å². The van der Waals surface area contributed by atoms with Crippen molar-refractivity contribution >= 4 is 24.0 Å². The highest BCUT2D eigenvalue weighted by Gasteiger charge is 2.10. The fourth-order valence-electron chi connectivity index (χ4n) is 1.22. The lowest BCUT2D eigenvalue weighted by Gasteiger charge is -2.14. The van der Waals surface area contributed by atoms with Crippen LogP contribution in [0.15, 0.2) is 23.8 Å². The highest BCUT2D eigenvalue weighted by Crippen LogP contribution is 2.28. The van der Waals surface area contributed by atoms with Crippen LogP contribution in [0, 0.1) is 0 Å². The lowest BCUT2D eigenvalue weighted by atomic mass is 10.1. The molecule has 1 aromatic rings. The van der Waals surface area contributed by atoms with Crippen molar-refractivity contribution in [3.05, 3.63) is 34.4 Å². The summed E-state index contributed by atoms with van der Waals surface area (Å²) in [6.45, 7) is 0.330. The molecule has 0 atom stereocenters. The molecule has 1 heterocycles. The normalized spacial score (nSPS) is 14.1. The Kier molecular flexibility index (Phi) is 2.07. The molecular weight excluding hydrogens is 188 g/mol. The molecule has 0 bridgehead atoms. The van der Waals surface area contributed by atoms with Gasteiger partial charge >= 0.3 is 0 Å². The van der Waals surface area contributed by atoms with Gasteiger partial charge in [-0.2, -0.15) is 0 Å². The Hall–Kier alpha value is -1.28. The van der Waals surface area contributed by atoms with Gasteiger partial charge in [0.25, 0.3) is 0 Å². The summed E-state index contributed by atoms with van der Waals surface area (Å²) < 4.78 is 5.32. The van der Waals surface area contributed by atoms with Crippen LogP contribution >= 0.6 is 11.6 Å². The molecule has 66 valence electrons. The number of hydrogen-bond acceptors (Lipinski definition) is 2. The van der Waals surface area contributed by atoms with E-state index in [0.29, 0.717) is 17.2 Å². The van der Waals surface area contributed by atoms with Crippen LogP contribution in [0.2, 0.25) is 5.02 Å². The number of benzene rings is 1. The van der Waals surface area contributed by atoms with Crippen molar-refractivity contribution in [3.8, 4) is 5.75 Å². The number of aldehydes is 1. The molecule has 0 fully saturated rings. The lowest BCUT2D eigenvalue weighted by Crippen LogP contribution is -2.07. The molecule has 0 unspecified atom stereocenters. The van der Waals surface area contributed by atoms with Crippen LogP contribution in [0.25, 0.3) is 6.08 Å². The van der Waals surface area contributed by atoms with Crippen LogP contribution in [0.1, 0.15) is 5.56 Å². The summed E-state index contributed by atoms with van der Waals surface area (Å²) in [7, 11) is 0. The van der Waals surface area contributed by atoms with Gasteiger partial charge in [0.05, 0.1) is 0 Å². The van der Waals surface area contributed by atoms with Gasteiger partial charge in [0.2, 0.25) is 0 Å². The topological polar surface area (TPSA) is 26.3 Å². The highest BCUT2D eigenvalue weighted by molar-refractivity contribution is 6.30. The van der Waals surface area contributed by atoms with Crippen LogP contribution < -0.4 is 4.74 Å². The quantitative estimate of drug-likeness (QED) is 0.642. The van der Waals surface area contributed by atoms with Gasteiger partial charge in [-0.15, -0.1) is 0 Å². The molecule has 0 saturated heterocycles. The molecule has 0 saturated carbocycles. The number of halogens is 1. The van der Waals surface area contributed by atoms with Crippen molar-refractivity contribution in [3.63, 3.8) is 0 Å². The SMILES string of the molecule is O=CC1=Cc2ccc(Cl)cc2OC1. The summed E-state index contributed by atoms with van der Waals surface area (Å²) in [4.78, 5) is 10.5. The number of carbonyl (C=O) groups excluding carboxylic acids is 1. The molecule has 3 heteroatoms. The van der Waals surface area contributed by atoms with Gasteiger partial charge in [0.15, 0.2) is 0 Å². The number of rotatable bonds is 1. The Morgan fingerprint density at radius 1 is 1.46 bits per heavy atom. The average molecular weight is 195 g/mol. The van der Waals surface area contributed by atoms with E-state index < -0.39 is 0 Å². The maximum atomic E-state index is 10.5. The van der Waals surface area contributed by atoms with E-state index in [4.69, 9.17) is 16.3 Å². The fourth-order valence-corrected chi connectivity index (χ4v) is 1.39. The van der Waals surface area contributed by atoms with Gasteiger partial charge in [-0.05, 0) is 24.3 Å². The Morgan fingerprint density at radius 2 is 2.31 bits per heavy atom. The Balaban J connectivity index is 2.48. The largest absolute Gasteiger partial charge is 0.488 e. The Bertz CT molecular complexity index is 383. The second-order valence-corrected chi connectivity index (χ2v) is 3.24. The summed E-state index contributed by atoms with van der Waals surface area (Å²) in [5.74, 6) is 0.734. The van der Waals surface area contributed by atoms with Gasteiger partial charge in [0, 0.05) is 16.2 Å². The summed E-state index contributed by atoms with van der Waals surface area (Å²) >= 11 is 5.78. The van der Waals surface area contributed by atoms with Crippen LogP contribution in [0.5, 0.6) is 5.75 Å². The predicted molar refractivity (Wildman–Crippen MR) is 51.0 cm³/mol. The van der Waals surface area contributed by atoms with E-state index in [1.54, 1.807) is 12.1 Å². The molecule has 1 aliphatic heterocycles. The summed E-state index contributed by atoms with van der Waals surface area (Å²) in [6, 6.07) is 5.35. The smallest absolute Gasteiger partial charge is 0.149 e. The second-order valence-electron chi connectivity index (χ2n) is 2.81. The van der Waals surface area contributed by atoms with Gasteiger partial charge in [-0.3, -0.25) is 4.79 Å². The number of carbonyl (C=O) groups is 1. The van der Waals surface area contributed by atoms with Gasteiger partial charge in [0.1, 0.15) is 18.6 Å². The molecule has 0 radical (unpaired) electrons. The first-order chi connectivity index (χ1) is 6.29. The predicted octanol–water partition coefficient (Wildman–Crippen LogP) is 2.31. The molecule has 0 aliphatic carbocycles. The van der Waals surface area contributed by atoms with Crippen LogP contribution in [-0.4, -0.2) is 12.9 Å². The van der Waals surface area contributed by atoms with Crippen molar-refractivity contribution in [1.82, 2.24) is 0 Å². The first-order valence-corrected chi connectivity index (χ1v) is 4.25. The first kappa shape index (κ1) is 8.32. The van der Waals surface area contributed by atoms with Crippen LogP contribution in [-0.2, 0) is 4.79 Å². The molecule has 13 heavy (non-hydrogen) atoms. The van der Waals surface area contributed by atoms with E-state index in [1.807, 2.05) is 12.1 Å². The molecule has 2 nitrogen and oxygen atoms in total. The summed E-state index contributed by atoms with van der Waals surface area (Å²) in [6.07, 6.45) is 2.61. The van der Waals surface area contributed by atoms with Gasteiger partial charge in [-0.25, -0.2) is 0 Å². The zero-order valence-electron chi connectivity index (χ0n) is 6.79. The van der Waals surface area contributed by atoms with Crippen molar-refractivity contribution in [2.24, 2.45) is 0 Å². The van der Waals surface area contributed by atoms with Crippen LogP contribution in [0.3, 0.4) is 0 Å². The third kappa shape index (κ3) is 1.58. The fraction of sp³-hybridized carbons (Fsp3) is 0.100. The van der Waals surface area contributed by atoms with Crippen molar-refractivity contribution < 1.29 is 9.53 Å². The number of fused-ring (bicyclic) bond motifs is 1. The zero-order chi connectivity index (χ0) is 9.26. The monoisotopic (exact) mass is 194 g/mol. The molecule has 2 rings (SSSR count). The maximum Gasteiger partial charge on any atom is 0.149 e. The molecule has 1 aromatic carbocycles. The minimum Gasteiger partial charge on any atom is -0.488 e. The van der Waals surface area contributed by atoms with E-state index in [9.17, 15) is 4.79 Å². The van der Waals surface area contributed by atoms with E-state index in [0.717, 1.165) is 17.6 Å². The highest BCUT2D eigenvalue weighted by atomic mass is 35.5. The average Bonchev–Trinajstić information content (AvgIpc) is 2.17. The maximum absolute atomic E-state index is 10.5. The molecule has 1 aliphatic rings. The first-order valence-electron chi connectivity index (χ1n) is 3.88. The second kappa shape index (κ2) is 3.23. The molecule has 0 N–H and O–H groups in total. The zero-order valence-corrected chi connectivity index (χ0v) is 7.54. The minimum atomic E-state index is 0.330. The standard InChI is InChI=1S/C10H7ClO2/c11-9-2-1-8-3-7(5-12)6-13-10(8)4-9/h1-5H,6H2. The third-order valence-corrected chi connectivity index (χ3v) is 2.10. The Labute approximate surface area is 80.8 Å². The summed E-state index contributed by atoms with van der Waals surface area (Å²) in [5, 5.41) is 0.640. The summed E-state index contributed by atoms with van der Waals surface area (Å²) in [5.41, 5.74) is 1.55. The third-order valence-electron chi connectivity index (χ3n) is 1.86. The molecular formula is C10H7ClO2. The minimum absolute atomic E-state index is 0.330. The number of ether oxygens (including phenoxy) is 1. The van der Waals surface area contributed by atoms with E-state index >= 15 is 0 Å². The molecule has 0 amide bonds. The molecule has 0 spiro atoms. The van der Waals surface area contributed by atoms with E-state index in [1.165, 1.54) is 0 Å². The molecule has 0 aromatic heterocycles. The van der Waals surface area contributed by atoms with E-state index in [-0.39, 0.29) is 0 Å². The van der Waals surface area contributed by atoms with Crippen molar-refractivity contribution in [1.29, 1.82) is 0 Å².